The van der Waals surface area contributed by atoms with Crippen molar-refractivity contribution in [3.05, 3.63) is 29.8 Å². The zero-order chi connectivity index (χ0) is 15.0. The van der Waals surface area contributed by atoms with Gasteiger partial charge in [-0.05, 0) is 18.6 Å². The second-order valence-corrected chi connectivity index (χ2v) is 7.14. The standard InChI is InChI=1S/C14H23NO4S/c1-3-20(17,18)9-8-15-10-13(16)11-19-14-7-5-4-6-12(14)2/h4-7,13,15-16H,3,8-11H2,1-2H3. The van der Waals surface area contributed by atoms with Gasteiger partial charge >= 0.3 is 0 Å². The molecule has 0 bridgehead atoms. The lowest BCUT2D eigenvalue weighted by Gasteiger charge is -2.14. The minimum absolute atomic E-state index is 0.0921. The highest BCUT2D eigenvalue weighted by molar-refractivity contribution is 7.91. The van der Waals surface area contributed by atoms with Gasteiger partial charge in [-0.3, -0.25) is 0 Å². The summed E-state index contributed by atoms with van der Waals surface area (Å²) >= 11 is 0. The van der Waals surface area contributed by atoms with Gasteiger partial charge in [0, 0.05) is 18.8 Å². The molecule has 20 heavy (non-hydrogen) atoms. The molecule has 0 fully saturated rings. The first-order valence-corrected chi connectivity index (χ1v) is 8.54. The summed E-state index contributed by atoms with van der Waals surface area (Å²) in [4.78, 5) is 0. The fourth-order valence-corrected chi connectivity index (χ4v) is 2.35. The highest BCUT2D eigenvalue weighted by Crippen LogP contribution is 2.16. The van der Waals surface area contributed by atoms with Gasteiger partial charge in [0.05, 0.1) is 5.75 Å². The van der Waals surface area contributed by atoms with Gasteiger partial charge in [0.15, 0.2) is 9.84 Å². The van der Waals surface area contributed by atoms with E-state index in [1.54, 1.807) is 6.92 Å². The van der Waals surface area contributed by atoms with Gasteiger partial charge in [-0.1, -0.05) is 25.1 Å². The Hall–Kier alpha value is -1.11. The van der Waals surface area contributed by atoms with Crippen LogP contribution in [0.15, 0.2) is 24.3 Å². The Balaban J connectivity index is 2.21. The van der Waals surface area contributed by atoms with Crippen molar-refractivity contribution in [2.24, 2.45) is 0 Å². The number of aryl methyl sites for hydroxylation is 1. The summed E-state index contributed by atoms with van der Waals surface area (Å²) in [6.45, 7) is 4.40. The van der Waals surface area contributed by atoms with Gasteiger partial charge in [-0.2, -0.15) is 0 Å². The molecule has 0 saturated heterocycles. The molecule has 0 radical (unpaired) electrons. The summed E-state index contributed by atoms with van der Waals surface area (Å²) < 4.78 is 28.0. The molecule has 0 aliphatic carbocycles. The van der Waals surface area contributed by atoms with Gasteiger partial charge < -0.3 is 15.2 Å². The first-order valence-electron chi connectivity index (χ1n) is 6.72. The van der Waals surface area contributed by atoms with Crippen LogP contribution in [0.5, 0.6) is 5.75 Å². The second-order valence-electron chi connectivity index (χ2n) is 4.67. The topological polar surface area (TPSA) is 75.6 Å². The predicted octanol–water partition coefficient (Wildman–Crippen LogP) is 0.759. The third kappa shape index (κ3) is 6.36. The zero-order valence-corrected chi connectivity index (χ0v) is 12.8. The number of para-hydroxylation sites is 1. The van der Waals surface area contributed by atoms with Crippen LogP contribution in [0.1, 0.15) is 12.5 Å². The number of hydrogen-bond acceptors (Lipinski definition) is 5. The Kier molecular flexibility index (Phi) is 6.98. The highest BCUT2D eigenvalue weighted by Gasteiger charge is 2.09. The van der Waals surface area contributed by atoms with E-state index in [2.05, 4.69) is 5.32 Å². The van der Waals surface area contributed by atoms with E-state index in [0.717, 1.165) is 11.3 Å². The number of rotatable bonds is 9. The fraction of sp³-hybridized carbons (Fsp3) is 0.571. The molecule has 1 aromatic rings. The Labute approximate surface area is 120 Å². The van der Waals surface area contributed by atoms with Crippen LogP contribution in [0, 0.1) is 6.92 Å². The minimum atomic E-state index is -2.95. The second kappa shape index (κ2) is 8.24. The number of benzene rings is 1. The first-order chi connectivity index (χ1) is 9.44. The normalized spacial score (nSPS) is 13.2. The van der Waals surface area contributed by atoms with Crippen LogP contribution in [0.3, 0.4) is 0 Å². The Morgan fingerprint density at radius 1 is 1.35 bits per heavy atom. The lowest BCUT2D eigenvalue weighted by atomic mass is 10.2. The quantitative estimate of drug-likeness (QED) is 0.659. The van der Waals surface area contributed by atoms with E-state index in [1.165, 1.54) is 0 Å². The van der Waals surface area contributed by atoms with E-state index < -0.39 is 15.9 Å². The molecule has 0 aliphatic rings. The third-order valence-electron chi connectivity index (χ3n) is 2.93. The van der Waals surface area contributed by atoms with Gasteiger partial charge in [0.2, 0.25) is 0 Å². The molecule has 0 aromatic heterocycles. The molecule has 0 spiro atoms. The summed E-state index contributed by atoms with van der Waals surface area (Å²) in [5.41, 5.74) is 1.02. The summed E-state index contributed by atoms with van der Waals surface area (Å²) in [6, 6.07) is 7.59. The van der Waals surface area contributed by atoms with Crippen molar-refractivity contribution in [3.8, 4) is 5.75 Å². The van der Waals surface area contributed by atoms with Gasteiger partial charge in [0.25, 0.3) is 0 Å². The summed E-state index contributed by atoms with van der Waals surface area (Å²) in [5.74, 6) is 0.989. The van der Waals surface area contributed by atoms with Crippen LogP contribution in [0.25, 0.3) is 0 Å². The van der Waals surface area contributed by atoms with Gasteiger partial charge in [-0.15, -0.1) is 0 Å². The average molecular weight is 301 g/mol. The maximum absolute atomic E-state index is 11.3. The molecule has 0 aliphatic heterocycles. The summed E-state index contributed by atoms with van der Waals surface area (Å²) in [6.07, 6.45) is -0.668. The molecule has 1 unspecified atom stereocenters. The van der Waals surface area contributed by atoms with E-state index in [9.17, 15) is 13.5 Å². The number of hydrogen-bond donors (Lipinski definition) is 2. The third-order valence-corrected chi connectivity index (χ3v) is 4.64. The smallest absolute Gasteiger partial charge is 0.151 e. The number of aliphatic hydroxyl groups is 1. The van der Waals surface area contributed by atoms with Crippen LogP contribution < -0.4 is 10.1 Å². The van der Waals surface area contributed by atoms with Crippen molar-refractivity contribution >= 4 is 9.84 Å². The lowest BCUT2D eigenvalue weighted by Crippen LogP contribution is -2.34. The predicted molar refractivity (Wildman–Crippen MR) is 79.9 cm³/mol. The molecule has 6 heteroatoms. The maximum atomic E-state index is 11.3. The van der Waals surface area contributed by atoms with Crippen molar-refractivity contribution < 1.29 is 18.3 Å². The Morgan fingerprint density at radius 3 is 2.70 bits per heavy atom. The van der Waals surface area contributed by atoms with E-state index in [0.29, 0.717) is 13.1 Å². The van der Waals surface area contributed by atoms with Crippen LogP contribution >= 0.6 is 0 Å². The molecule has 1 rings (SSSR count). The SMILES string of the molecule is CCS(=O)(=O)CCNCC(O)COc1ccccc1C. The first kappa shape index (κ1) is 16.9. The Morgan fingerprint density at radius 2 is 2.05 bits per heavy atom. The number of aliphatic hydroxyl groups excluding tert-OH is 1. The van der Waals surface area contributed by atoms with Gasteiger partial charge in [-0.25, -0.2) is 8.42 Å². The van der Waals surface area contributed by atoms with Crippen LogP contribution in [-0.2, 0) is 9.84 Å². The van der Waals surface area contributed by atoms with Crippen molar-refractivity contribution in [1.82, 2.24) is 5.32 Å². The Bertz CT molecular complexity index is 502. The number of nitrogens with one attached hydrogen (secondary N) is 1. The van der Waals surface area contributed by atoms with Crippen LogP contribution in [0.2, 0.25) is 0 Å². The minimum Gasteiger partial charge on any atom is -0.491 e. The van der Waals surface area contributed by atoms with E-state index in [-0.39, 0.29) is 18.1 Å². The fourth-order valence-electron chi connectivity index (χ4n) is 1.60. The molecule has 1 atom stereocenters. The van der Waals surface area contributed by atoms with E-state index >= 15 is 0 Å². The monoisotopic (exact) mass is 301 g/mol. The molecule has 1 aromatic carbocycles. The van der Waals surface area contributed by atoms with Crippen molar-refractivity contribution in [3.63, 3.8) is 0 Å². The average Bonchev–Trinajstić information content (AvgIpc) is 2.43. The molecule has 0 amide bonds. The molecule has 2 N–H and O–H groups in total. The lowest BCUT2D eigenvalue weighted by molar-refractivity contribution is 0.106. The molecule has 0 heterocycles. The van der Waals surface area contributed by atoms with Crippen molar-refractivity contribution in [1.29, 1.82) is 0 Å². The number of sulfone groups is 1. The van der Waals surface area contributed by atoms with Gasteiger partial charge in [0.1, 0.15) is 18.5 Å². The molecule has 114 valence electrons. The van der Waals surface area contributed by atoms with E-state index in [4.69, 9.17) is 4.74 Å². The number of ether oxygens (including phenoxy) is 1. The highest BCUT2D eigenvalue weighted by atomic mass is 32.2. The summed E-state index contributed by atoms with van der Waals surface area (Å²) in [5, 5.41) is 12.7. The molecular weight excluding hydrogens is 278 g/mol. The van der Waals surface area contributed by atoms with E-state index in [1.807, 2.05) is 31.2 Å². The zero-order valence-electron chi connectivity index (χ0n) is 12.0. The van der Waals surface area contributed by atoms with Crippen LogP contribution in [0.4, 0.5) is 0 Å². The summed E-state index contributed by atoms with van der Waals surface area (Å²) in [7, 11) is -2.95. The molecule has 5 nitrogen and oxygen atoms in total. The molecule has 0 saturated carbocycles. The van der Waals surface area contributed by atoms with Crippen molar-refractivity contribution in [2.45, 2.75) is 20.0 Å². The maximum Gasteiger partial charge on any atom is 0.151 e. The van der Waals surface area contributed by atoms with Crippen LogP contribution in [-0.4, -0.2) is 50.8 Å². The van der Waals surface area contributed by atoms with Crippen molar-refractivity contribution in [2.75, 3.05) is 31.2 Å². The largest absolute Gasteiger partial charge is 0.491 e. The molecular formula is C14H23NO4S.